The van der Waals surface area contributed by atoms with Gasteiger partial charge < -0.3 is 5.32 Å². The third-order valence-corrected chi connectivity index (χ3v) is 2.99. The van der Waals surface area contributed by atoms with E-state index in [-0.39, 0.29) is 19.0 Å². The molecule has 0 aliphatic rings. The van der Waals surface area contributed by atoms with Crippen LogP contribution in [0, 0.1) is 6.92 Å². The maximum atomic E-state index is 12.2. The molecule has 2 heterocycles. The van der Waals surface area contributed by atoms with Crippen LogP contribution in [0.25, 0.3) is 0 Å². The molecule has 0 aromatic carbocycles. The molecular weight excluding hydrogens is 288 g/mol. The van der Waals surface area contributed by atoms with Gasteiger partial charge in [0.05, 0.1) is 12.4 Å². The summed E-state index contributed by atoms with van der Waals surface area (Å²) in [5.74, 6) is 0. The summed E-state index contributed by atoms with van der Waals surface area (Å²) in [7, 11) is 1.90. The zero-order valence-electron chi connectivity index (χ0n) is 11.4. The normalized spacial score (nSPS) is 10.8. The van der Waals surface area contributed by atoms with Gasteiger partial charge in [-0.25, -0.2) is 8.78 Å². The van der Waals surface area contributed by atoms with Gasteiger partial charge in [0.2, 0.25) is 0 Å². The van der Waals surface area contributed by atoms with Gasteiger partial charge in [-0.2, -0.15) is 10.2 Å². The van der Waals surface area contributed by atoms with Crippen molar-refractivity contribution in [2.24, 2.45) is 7.05 Å². The van der Waals surface area contributed by atoms with E-state index >= 15 is 0 Å². The molecule has 0 saturated carbocycles. The van der Waals surface area contributed by atoms with E-state index in [4.69, 9.17) is 0 Å². The average molecular weight is 306 g/mol. The van der Waals surface area contributed by atoms with Crippen LogP contribution in [0.5, 0.6) is 0 Å². The van der Waals surface area contributed by atoms with Crippen LogP contribution < -0.4 is 5.32 Å². The first-order chi connectivity index (χ1) is 9.06. The highest BCUT2D eigenvalue weighted by Gasteiger charge is 2.06. The number of alkyl halides is 2. The predicted octanol–water partition coefficient (Wildman–Crippen LogP) is 1.90. The van der Waals surface area contributed by atoms with Crippen LogP contribution >= 0.6 is 12.4 Å². The van der Waals surface area contributed by atoms with E-state index in [1.54, 1.807) is 12.4 Å². The van der Waals surface area contributed by atoms with Gasteiger partial charge in [0.15, 0.2) is 0 Å². The number of aromatic nitrogens is 4. The van der Waals surface area contributed by atoms with Crippen LogP contribution in [-0.2, 0) is 26.7 Å². The van der Waals surface area contributed by atoms with E-state index in [0.29, 0.717) is 13.1 Å². The molecule has 20 heavy (non-hydrogen) atoms. The lowest BCUT2D eigenvalue weighted by atomic mass is 10.2. The molecular formula is C12H18ClF2N5. The smallest absolute Gasteiger partial charge is 0.257 e. The van der Waals surface area contributed by atoms with Crippen molar-refractivity contribution in [3.63, 3.8) is 0 Å². The Morgan fingerprint density at radius 2 is 2.00 bits per heavy atom. The first kappa shape index (κ1) is 16.6. The van der Waals surface area contributed by atoms with Crippen molar-refractivity contribution in [3.8, 4) is 0 Å². The fraction of sp³-hybridized carbons (Fsp3) is 0.500. The third-order valence-electron chi connectivity index (χ3n) is 2.99. The SMILES string of the molecule is Cc1c(CNCc2cnn(CC(F)F)c2)cnn1C.Cl. The zero-order valence-corrected chi connectivity index (χ0v) is 12.2. The van der Waals surface area contributed by atoms with Crippen LogP contribution in [0.2, 0.25) is 0 Å². The minimum atomic E-state index is -2.38. The molecule has 112 valence electrons. The van der Waals surface area contributed by atoms with Crippen LogP contribution in [0.4, 0.5) is 8.78 Å². The van der Waals surface area contributed by atoms with Crippen molar-refractivity contribution >= 4 is 12.4 Å². The van der Waals surface area contributed by atoms with Gasteiger partial charge in [-0.3, -0.25) is 9.36 Å². The van der Waals surface area contributed by atoms with Crippen molar-refractivity contribution in [1.29, 1.82) is 0 Å². The van der Waals surface area contributed by atoms with Crippen molar-refractivity contribution in [2.75, 3.05) is 0 Å². The highest BCUT2D eigenvalue weighted by Crippen LogP contribution is 2.06. The Morgan fingerprint density at radius 1 is 1.25 bits per heavy atom. The molecule has 0 amide bonds. The molecule has 0 radical (unpaired) electrons. The molecule has 0 fully saturated rings. The number of aryl methyl sites for hydroxylation is 1. The Morgan fingerprint density at radius 3 is 2.60 bits per heavy atom. The van der Waals surface area contributed by atoms with Gasteiger partial charge in [-0.05, 0) is 6.92 Å². The maximum Gasteiger partial charge on any atom is 0.257 e. The monoisotopic (exact) mass is 305 g/mol. The largest absolute Gasteiger partial charge is 0.308 e. The van der Waals surface area contributed by atoms with Crippen LogP contribution in [0.15, 0.2) is 18.6 Å². The van der Waals surface area contributed by atoms with Crippen molar-refractivity contribution in [2.45, 2.75) is 33.0 Å². The summed E-state index contributed by atoms with van der Waals surface area (Å²) in [5, 5.41) is 11.3. The van der Waals surface area contributed by atoms with Crippen LogP contribution in [0.3, 0.4) is 0 Å². The second-order valence-corrected chi connectivity index (χ2v) is 4.44. The van der Waals surface area contributed by atoms with Gasteiger partial charge in [0, 0.05) is 43.2 Å². The summed E-state index contributed by atoms with van der Waals surface area (Å²) in [6, 6.07) is 0. The van der Waals surface area contributed by atoms with E-state index in [0.717, 1.165) is 16.8 Å². The highest BCUT2D eigenvalue weighted by molar-refractivity contribution is 5.85. The van der Waals surface area contributed by atoms with Gasteiger partial charge >= 0.3 is 0 Å². The molecule has 0 aliphatic heterocycles. The first-order valence-corrected chi connectivity index (χ1v) is 6.04. The second-order valence-electron chi connectivity index (χ2n) is 4.44. The molecule has 0 aliphatic carbocycles. The number of nitrogens with zero attached hydrogens (tertiary/aromatic N) is 4. The quantitative estimate of drug-likeness (QED) is 0.887. The number of halogens is 3. The number of hydrogen-bond donors (Lipinski definition) is 1. The highest BCUT2D eigenvalue weighted by atomic mass is 35.5. The van der Waals surface area contributed by atoms with Crippen molar-refractivity contribution in [3.05, 3.63) is 35.4 Å². The topological polar surface area (TPSA) is 47.7 Å². The van der Waals surface area contributed by atoms with Gasteiger partial charge in [0.25, 0.3) is 6.43 Å². The molecule has 0 unspecified atom stereocenters. The molecule has 0 atom stereocenters. The number of hydrogen-bond acceptors (Lipinski definition) is 3. The van der Waals surface area contributed by atoms with Gasteiger partial charge in [-0.15, -0.1) is 12.4 Å². The Kier molecular flexibility index (Phi) is 6.09. The molecule has 0 bridgehead atoms. The molecule has 0 saturated heterocycles. The summed E-state index contributed by atoms with van der Waals surface area (Å²) in [6.45, 7) is 2.93. The number of nitrogens with one attached hydrogen (secondary N) is 1. The fourth-order valence-corrected chi connectivity index (χ4v) is 1.80. The molecule has 0 spiro atoms. The molecule has 1 N–H and O–H groups in total. The van der Waals surface area contributed by atoms with E-state index in [1.165, 1.54) is 4.68 Å². The Bertz CT molecular complexity index is 538. The molecule has 2 rings (SSSR count). The number of rotatable bonds is 6. The minimum Gasteiger partial charge on any atom is -0.308 e. The summed E-state index contributed by atoms with van der Waals surface area (Å²) in [4.78, 5) is 0. The van der Waals surface area contributed by atoms with Crippen molar-refractivity contribution < 1.29 is 8.78 Å². The lowest BCUT2D eigenvalue weighted by Gasteiger charge is -2.03. The predicted molar refractivity (Wildman–Crippen MR) is 74.0 cm³/mol. The minimum absolute atomic E-state index is 0. The standard InChI is InChI=1S/C12H17F2N5.ClH/c1-9-11(6-16-18(9)2)5-15-3-10-4-17-19(7-10)8-12(13)14;/h4,6-7,12,15H,3,5,8H2,1-2H3;1H. The maximum absolute atomic E-state index is 12.2. The Labute approximate surface area is 122 Å². The van der Waals surface area contributed by atoms with E-state index < -0.39 is 6.43 Å². The molecule has 5 nitrogen and oxygen atoms in total. The summed E-state index contributed by atoms with van der Waals surface area (Å²) >= 11 is 0. The van der Waals surface area contributed by atoms with Crippen LogP contribution in [0.1, 0.15) is 16.8 Å². The lowest BCUT2D eigenvalue weighted by molar-refractivity contribution is 0.122. The molecule has 8 heteroatoms. The molecule has 2 aromatic heterocycles. The summed E-state index contributed by atoms with van der Waals surface area (Å²) < 4.78 is 27.4. The lowest BCUT2D eigenvalue weighted by Crippen LogP contribution is -2.13. The van der Waals surface area contributed by atoms with E-state index in [1.807, 2.05) is 24.9 Å². The third kappa shape index (κ3) is 4.28. The fourth-order valence-electron chi connectivity index (χ4n) is 1.80. The Hall–Kier alpha value is -1.47. The molecule has 2 aromatic rings. The second kappa shape index (κ2) is 7.35. The average Bonchev–Trinajstić information content (AvgIpc) is 2.90. The zero-order chi connectivity index (χ0) is 13.8. The van der Waals surface area contributed by atoms with Gasteiger partial charge in [0.1, 0.15) is 6.54 Å². The van der Waals surface area contributed by atoms with E-state index in [2.05, 4.69) is 15.5 Å². The summed E-state index contributed by atoms with van der Waals surface area (Å²) in [5.41, 5.74) is 3.13. The summed E-state index contributed by atoms with van der Waals surface area (Å²) in [6.07, 6.45) is 2.68. The first-order valence-electron chi connectivity index (χ1n) is 6.04. The van der Waals surface area contributed by atoms with Crippen molar-refractivity contribution in [1.82, 2.24) is 24.9 Å². The van der Waals surface area contributed by atoms with E-state index in [9.17, 15) is 8.78 Å². The van der Waals surface area contributed by atoms with Crippen LogP contribution in [-0.4, -0.2) is 26.0 Å². The van der Waals surface area contributed by atoms with Gasteiger partial charge in [-0.1, -0.05) is 0 Å². The Balaban J connectivity index is 0.00000200.